The standard InChI is InChI=1S/C21H21N5O2/c27-20(18-17-8-3-4-12-25(17)19(24-18)14-9-10-14)22-11-5-13-26-16-7-2-1-6-15(16)23-21(26)28/h1-4,6-8,12,14H,5,9-11,13H2,(H,22,27)(H,23,28). The number of H-pyrrole nitrogens is 1. The van der Waals surface area contributed by atoms with Gasteiger partial charge in [0.15, 0.2) is 5.69 Å². The first-order valence-corrected chi connectivity index (χ1v) is 9.65. The molecule has 1 aromatic carbocycles. The molecule has 1 aliphatic carbocycles. The molecule has 3 aromatic heterocycles. The van der Waals surface area contributed by atoms with E-state index in [0.717, 1.165) is 35.2 Å². The molecule has 0 radical (unpaired) electrons. The van der Waals surface area contributed by atoms with Gasteiger partial charge in [0.1, 0.15) is 5.82 Å². The number of aromatic amines is 1. The zero-order valence-electron chi connectivity index (χ0n) is 15.4. The minimum absolute atomic E-state index is 0.123. The van der Waals surface area contributed by atoms with Crippen LogP contribution in [-0.2, 0) is 6.54 Å². The summed E-state index contributed by atoms with van der Waals surface area (Å²) in [6.45, 7) is 1.02. The second kappa shape index (κ2) is 6.67. The van der Waals surface area contributed by atoms with Crippen LogP contribution in [0.2, 0.25) is 0 Å². The van der Waals surface area contributed by atoms with Gasteiger partial charge in [0.05, 0.1) is 16.6 Å². The summed E-state index contributed by atoms with van der Waals surface area (Å²) in [7, 11) is 0. The zero-order chi connectivity index (χ0) is 19.1. The van der Waals surface area contributed by atoms with Gasteiger partial charge in [-0.15, -0.1) is 0 Å². The van der Waals surface area contributed by atoms with Crippen LogP contribution >= 0.6 is 0 Å². The molecule has 0 unspecified atom stereocenters. The lowest BCUT2D eigenvalue weighted by Gasteiger charge is -2.05. The van der Waals surface area contributed by atoms with Crippen molar-refractivity contribution in [3.05, 3.63) is 70.7 Å². The van der Waals surface area contributed by atoms with Crippen LogP contribution in [0.5, 0.6) is 0 Å². The van der Waals surface area contributed by atoms with Gasteiger partial charge in [-0.2, -0.15) is 0 Å². The number of hydrogen-bond donors (Lipinski definition) is 2. The van der Waals surface area contributed by atoms with E-state index in [1.807, 2.05) is 53.1 Å². The molecule has 1 fully saturated rings. The summed E-state index contributed by atoms with van der Waals surface area (Å²) in [6, 6.07) is 13.4. The number of aromatic nitrogens is 4. The molecule has 0 saturated heterocycles. The lowest BCUT2D eigenvalue weighted by atomic mass is 10.3. The Balaban J connectivity index is 1.27. The number of para-hydroxylation sites is 2. The van der Waals surface area contributed by atoms with Gasteiger partial charge >= 0.3 is 5.69 Å². The Bertz CT molecular complexity index is 1230. The molecule has 0 spiro atoms. The number of benzene rings is 1. The number of amides is 1. The van der Waals surface area contributed by atoms with E-state index in [-0.39, 0.29) is 11.6 Å². The average Bonchev–Trinajstić information content (AvgIpc) is 3.40. The highest BCUT2D eigenvalue weighted by Gasteiger charge is 2.30. The molecule has 5 rings (SSSR count). The lowest BCUT2D eigenvalue weighted by Crippen LogP contribution is -2.27. The topological polar surface area (TPSA) is 84.2 Å². The molecule has 1 saturated carbocycles. The quantitative estimate of drug-likeness (QED) is 0.508. The summed E-state index contributed by atoms with van der Waals surface area (Å²) < 4.78 is 3.73. The van der Waals surface area contributed by atoms with E-state index in [1.54, 1.807) is 4.57 Å². The summed E-state index contributed by atoms with van der Waals surface area (Å²) in [4.78, 5) is 32.3. The van der Waals surface area contributed by atoms with Gasteiger partial charge in [0.25, 0.3) is 5.91 Å². The molecule has 3 heterocycles. The van der Waals surface area contributed by atoms with Crippen LogP contribution in [-0.4, -0.2) is 31.4 Å². The third-order valence-electron chi connectivity index (χ3n) is 5.26. The van der Waals surface area contributed by atoms with Gasteiger partial charge in [0, 0.05) is 25.2 Å². The predicted molar refractivity (Wildman–Crippen MR) is 107 cm³/mol. The molecular weight excluding hydrogens is 354 g/mol. The number of carbonyl (C=O) groups is 1. The molecule has 0 atom stereocenters. The summed E-state index contributed by atoms with van der Waals surface area (Å²) in [6.07, 6.45) is 4.90. The minimum Gasteiger partial charge on any atom is -0.351 e. The number of nitrogens with one attached hydrogen (secondary N) is 2. The van der Waals surface area contributed by atoms with Crippen molar-refractivity contribution in [1.29, 1.82) is 0 Å². The highest BCUT2D eigenvalue weighted by atomic mass is 16.2. The van der Waals surface area contributed by atoms with Gasteiger partial charge in [-0.25, -0.2) is 9.78 Å². The third kappa shape index (κ3) is 2.89. The first kappa shape index (κ1) is 16.8. The fourth-order valence-electron chi connectivity index (χ4n) is 3.71. The number of imidazole rings is 2. The van der Waals surface area contributed by atoms with Crippen LogP contribution in [0.1, 0.15) is 41.5 Å². The highest BCUT2D eigenvalue weighted by molar-refractivity contribution is 5.99. The second-order valence-electron chi connectivity index (χ2n) is 7.26. The summed E-state index contributed by atoms with van der Waals surface area (Å²) in [5.41, 5.74) is 2.91. The van der Waals surface area contributed by atoms with Gasteiger partial charge in [-0.05, 0) is 43.5 Å². The number of nitrogens with zero attached hydrogens (tertiary/aromatic N) is 3. The van der Waals surface area contributed by atoms with Crippen LogP contribution < -0.4 is 11.0 Å². The molecule has 7 nitrogen and oxygen atoms in total. The molecule has 1 amide bonds. The number of rotatable bonds is 6. The van der Waals surface area contributed by atoms with Gasteiger partial charge in [-0.3, -0.25) is 9.36 Å². The maximum Gasteiger partial charge on any atom is 0.326 e. The first-order valence-electron chi connectivity index (χ1n) is 9.65. The number of aryl methyl sites for hydroxylation is 1. The maximum absolute atomic E-state index is 12.7. The van der Waals surface area contributed by atoms with Gasteiger partial charge in [0.2, 0.25) is 0 Å². The SMILES string of the molecule is O=C(NCCCn1c(=O)[nH]c2ccccc21)c1nc(C2CC2)n2ccccc12. The third-order valence-corrected chi connectivity index (χ3v) is 5.26. The van der Waals surface area contributed by atoms with Crippen molar-refractivity contribution in [2.75, 3.05) is 6.54 Å². The van der Waals surface area contributed by atoms with E-state index < -0.39 is 0 Å². The van der Waals surface area contributed by atoms with Crippen LogP contribution in [0, 0.1) is 0 Å². The number of hydrogen-bond acceptors (Lipinski definition) is 3. The number of fused-ring (bicyclic) bond motifs is 2. The molecule has 142 valence electrons. The smallest absolute Gasteiger partial charge is 0.326 e. The maximum atomic E-state index is 12.7. The van der Waals surface area contributed by atoms with Crippen LogP contribution in [0.4, 0.5) is 0 Å². The van der Waals surface area contributed by atoms with Crippen molar-refractivity contribution in [2.24, 2.45) is 0 Å². The fourth-order valence-corrected chi connectivity index (χ4v) is 3.71. The van der Waals surface area contributed by atoms with Crippen LogP contribution in [0.25, 0.3) is 16.6 Å². The van der Waals surface area contributed by atoms with Crippen molar-refractivity contribution in [3.8, 4) is 0 Å². The van der Waals surface area contributed by atoms with Gasteiger partial charge in [-0.1, -0.05) is 18.2 Å². The Morgan fingerprint density at radius 2 is 1.93 bits per heavy atom. The average molecular weight is 375 g/mol. The summed E-state index contributed by atoms with van der Waals surface area (Å²) >= 11 is 0. The fraction of sp³-hybridized carbons (Fsp3) is 0.286. The van der Waals surface area contributed by atoms with E-state index in [4.69, 9.17) is 0 Å². The molecule has 2 N–H and O–H groups in total. The Morgan fingerprint density at radius 3 is 2.79 bits per heavy atom. The summed E-state index contributed by atoms with van der Waals surface area (Å²) in [5, 5.41) is 2.95. The molecular formula is C21H21N5O2. The van der Waals surface area contributed by atoms with E-state index >= 15 is 0 Å². The molecule has 0 aliphatic heterocycles. The monoisotopic (exact) mass is 375 g/mol. The predicted octanol–water partition coefficient (Wildman–Crippen LogP) is 2.67. The first-order chi connectivity index (χ1) is 13.7. The lowest BCUT2D eigenvalue weighted by molar-refractivity contribution is 0.0950. The second-order valence-corrected chi connectivity index (χ2v) is 7.26. The number of carbonyl (C=O) groups excluding carboxylic acids is 1. The van der Waals surface area contributed by atoms with Crippen LogP contribution in [0.3, 0.4) is 0 Å². The zero-order valence-corrected chi connectivity index (χ0v) is 15.4. The van der Waals surface area contributed by atoms with Gasteiger partial charge < -0.3 is 14.7 Å². The van der Waals surface area contributed by atoms with Crippen LogP contribution in [0.15, 0.2) is 53.5 Å². The summed E-state index contributed by atoms with van der Waals surface area (Å²) in [5.74, 6) is 1.28. The van der Waals surface area contributed by atoms with Crippen molar-refractivity contribution in [3.63, 3.8) is 0 Å². The molecule has 7 heteroatoms. The molecule has 0 bridgehead atoms. The largest absolute Gasteiger partial charge is 0.351 e. The Morgan fingerprint density at radius 1 is 1.14 bits per heavy atom. The Labute approximate surface area is 161 Å². The molecule has 4 aromatic rings. The van der Waals surface area contributed by atoms with E-state index in [9.17, 15) is 9.59 Å². The molecule has 28 heavy (non-hydrogen) atoms. The van der Waals surface area contributed by atoms with Crippen molar-refractivity contribution in [1.82, 2.24) is 24.3 Å². The van der Waals surface area contributed by atoms with E-state index in [0.29, 0.717) is 31.1 Å². The Hall–Kier alpha value is -3.35. The minimum atomic E-state index is -0.165. The van der Waals surface area contributed by atoms with E-state index in [2.05, 4.69) is 15.3 Å². The normalized spacial score (nSPS) is 14.0. The highest BCUT2D eigenvalue weighted by Crippen LogP contribution is 2.39. The van der Waals surface area contributed by atoms with Crippen molar-refractivity contribution >= 4 is 22.5 Å². The van der Waals surface area contributed by atoms with Crippen molar-refractivity contribution in [2.45, 2.75) is 31.7 Å². The van der Waals surface area contributed by atoms with Crippen molar-refractivity contribution < 1.29 is 4.79 Å². The Kier molecular flexibility index (Phi) is 4.00. The molecule has 1 aliphatic rings. The number of pyridine rings is 1. The van der Waals surface area contributed by atoms with E-state index in [1.165, 1.54) is 0 Å².